The van der Waals surface area contributed by atoms with Crippen molar-refractivity contribution >= 4 is 0 Å². The maximum absolute atomic E-state index is 11.1. The van der Waals surface area contributed by atoms with Gasteiger partial charge in [-0.3, -0.25) is 4.79 Å². The number of aryl methyl sites for hydroxylation is 1. The first kappa shape index (κ1) is 7.59. The molecule has 1 aliphatic carbocycles. The Morgan fingerprint density at radius 1 is 1.58 bits per heavy atom. The lowest BCUT2D eigenvalue weighted by Crippen LogP contribution is -2.09. The fourth-order valence-electron chi connectivity index (χ4n) is 1.36. The predicted molar refractivity (Wildman–Crippen MR) is 48.2 cm³/mol. The highest BCUT2D eigenvalue weighted by atomic mass is 16.1. The van der Waals surface area contributed by atoms with Crippen molar-refractivity contribution in [3.63, 3.8) is 0 Å². The van der Waals surface area contributed by atoms with Crippen molar-refractivity contribution in [2.75, 3.05) is 0 Å². The van der Waals surface area contributed by atoms with E-state index in [9.17, 15) is 4.79 Å². The maximum Gasteiger partial charge on any atom is 0.184 e. The van der Waals surface area contributed by atoms with Crippen LogP contribution in [0.5, 0.6) is 0 Å². The third-order valence-corrected chi connectivity index (χ3v) is 2.33. The third-order valence-electron chi connectivity index (χ3n) is 2.33. The fourth-order valence-corrected chi connectivity index (χ4v) is 1.36. The number of aromatic nitrogens is 1. The van der Waals surface area contributed by atoms with Crippen LogP contribution >= 0.6 is 0 Å². The van der Waals surface area contributed by atoms with E-state index in [0.29, 0.717) is 0 Å². The van der Waals surface area contributed by atoms with Gasteiger partial charge in [-0.05, 0) is 25.7 Å². The van der Waals surface area contributed by atoms with Crippen LogP contribution in [0.3, 0.4) is 0 Å². The molecule has 2 nitrogen and oxygen atoms in total. The second kappa shape index (κ2) is 2.77. The van der Waals surface area contributed by atoms with Crippen molar-refractivity contribution in [2.24, 2.45) is 5.92 Å². The zero-order valence-electron chi connectivity index (χ0n) is 7.29. The van der Waals surface area contributed by atoms with E-state index in [2.05, 4.69) is 4.57 Å². The van der Waals surface area contributed by atoms with E-state index in [-0.39, 0.29) is 5.43 Å². The molecule has 0 N–H and O–H groups in total. The van der Waals surface area contributed by atoms with Crippen LogP contribution in [0.1, 0.15) is 18.4 Å². The van der Waals surface area contributed by atoms with Crippen LogP contribution < -0.4 is 5.43 Å². The van der Waals surface area contributed by atoms with Crippen molar-refractivity contribution in [2.45, 2.75) is 26.3 Å². The Hall–Kier alpha value is -1.05. The molecule has 1 heterocycles. The van der Waals surface area contributed by atoms with Crippen molar-refractivity contribution in [1.29, 1.82) is 0 Å². The molecule has 0 bridgehead atoms. The van der Waals surface area contributed by atoms with Crippen LogP contribution in [0.2, 0.25) is 0 Å². The molecule has 1 saturated carbocycles. The quantitative estimate of drug-likeness (QED) is 0.648. The summed E-state index contributed by atoms with van der Waals surface area (Å²) in [4.78, 5) is 11.1. The first-order valence-electron chi connectivity index (χ1n) is 4.42. The first-order valence-corrected chi connectivity index (χ1v) is 4.42. The van der Waals surface area contributed by atoms with Gasteiger partial charge in [-0.1, -0.05) is 0 Å². The lowest BCUT2D eigenvalue weighted by Gasteiger charge is -2.04. The summed E-state index contributed by atoms with van der Waals surface area (Å²) in [7, 11) is 0. The minimum Gasteiger partial charge on any atom is -0.353 e. The summed E-state index contributed by atoms with van der Waals surface area (Å²) >= 11 is 0. The van der Waals surface area contributed by atoms with Crippen LogP contribution in [0.15, 0.2) is 23.3 Å². The maximum atomic E-state index is 11.1. The second-order valence-corrected chi connectivity index (χ2v) is 3.63. The summed E-state index contributed by atoms with van der Waals surface area (Å²) in [5.41, 5.74) is 0.986. The Bertz CT molecular complexity index is 336. The summed E-state index contributed by atoms with van der Waals surface area (Å²) in [6.45, 7) is 2.95. The smallest absolute Gasteiger partial charge is 0.184 e. The highest BCUT2D eigenvalue weighted by Crippen LogP contribution is 2.30. The molecule has 0 unspecified atom stereocenters. The topological polar surface area (TPSA) is 22.0 Å². The zero-order valence-corrected chi connectivity index (χ0v) is 7.29. The van der Waals surface area contributed by atoms with E-state index in [0.717, 1.165) is 18.0 Å². The number of nitrogens with zero attached hydrogens (tertiary/aromatic N) is 1. The summed E-state index contributed by atoms with van der Waals surface area (Å²) in [6.07, 6.45) is 6.53. The SMILES string of the molecule is Cc1cn(CC2CC2)ccc1=O. The molecule has 1 aromatic rings. The van der Waals surface area contributed by atoms with Crippen LogP contribution in [0, 0.1) is 12.8 Å². The van der Waals surface area contributed by atoms with Gasteiger partial charge in [-0.15, -0.1) is 0 Å². The Balaban J connectivity index is 2.21. The molecule has 12 heavy (non-hydrogen) atoms. The van der Waals surface area contributed by atoms with Crippen LogP contribution in [-0.4, -0.2) is 4.57 Å². The Morgan fingerprint density at radius 3 is 2.92 bits per heavy atom. The normalized spacial score (nSPS) is 16.4. The number of pyridine rings is 1. The lowest BCUT2D eigenvalue weighted by atomic mass is 10.3. The van der Waals surface area contributed by atoms with Gasteiger partial charge in [0, 0.05) is 30.6 Å². The molecule has 2 heteroatoms. The van der Waals surface area contributed by atoms with Crippen LogP contribution in [-0.2, 0) is 6.54 Å². The largest absolute Gasteiger partial charge is 0.353 e. The Morgan fingerprint density at radius 2 is 2.33 bits per heavy atom. The van der Waals surface area contributed by atoms with Crippen LogP contribution in [0.25, 0.3) is 0 Å². The van der Waals surface area contributed by atoms with E-state index in [4.69, 9.17) is 0 Å². The summed E-state index contributed by atoms with van der Waals surface area (Å²) in [6, 6.07) is 1.65. The molecular formula is C10H13NO. The fraction of sp³-hybridized carbons (Fsp3) is 0.500. The summed E-state index contributed by atoms with van der Waals surface area (Å²) in [5.74, 6) is 0.868. The van der Waals surface area contributed by atoms with Gasteiger partial charge in [-0.25, -0.2) is 0 Å². The highest BCUT2D eigenvalue weighted by molar-refractivity contribution is 5.07. The van der Waals surface area contributed by atoms with Gasteiger partial charge >= 0.3 is 0 Å². The summed E-state index contributed by atoms with van der Waals surface area (Å²) in [5, 5.41) is 0. The summed E-state index contributed by atoms with van der Waals surface area (Å²) < 4.78 is 2.12. The van der Waals surface area contributed by atoms with Gasteiger partial charge in [0.05, 0.1) is 0 Å². The molecule has 2 rings (SSSR count). The molecule has 0 spiro atoms. The van der Waals surface area contributed by atoms with E-state index in [1.54, 1.807) is 6.07 Å². The average Bonchev–Trinajstić information content (AvgIpc) is 2.81. The molecule has 0 atom stereocenters. The van der Waals surface area contributed by atoms with E-state index >= 15 is 0 Å². The van der Waals surface area contributed by atoms with Gasteiger partial charge < -0.3 is 4.57 Å². The van der Waals surface area contributed by atoms with Crippen LogP contribution in [0.4, 0.5) is 0 Å². The predicted octanol–water partition coefficient (Wildman–Crippen LogP) is 1.57. The number of rotatable bonds is 2. The second-order valence-electron chi connectivity index (χ2n) is 3.63. The molecule has 1 fully saturated rings. The van der Waals surface area contributed by atoms with Crippen molar-refractivity contribution < 1.29 is 0 Å². The van der Waals surface area contributed by atoms with E-state index in [1.807, 2.05) is 19.3 Å². The zero-order chi connectivity index (χ0) is 8.55. The molecule has 1 aliphatic rings. The standard InChI is InChI=1S/C10H13NO/c1-8-6-11(5-4-10(8)12)7-9-2-3-9/h4-6,9H,2-3,7H2,1H3. The van der Waals surface area contributed by atoms with Crippen molar-refractivity contribution in [3.05, 3.63) is 34.2 Å². The molecule has 1 aromatic heterocycles. The van der Waals surface area contributed by atoms with E-state index < -0.39 is 0 Å². The van der Waals surface area contributed by atoms with E-state index in [1.165, 1.54) is 12.8 Å². The minimum atomic E-state index is 0.141. The molecule has 64 valence electrons. The average molecular weight is 163 g/mol. The van der Waals surface area contributed by atoms with Crippen molar-refractivity contribution in [1.82, 2.24) is 4.57 Å². The first-order chi connectivity index (χ1) is 5.75. The Labute approximate surface area is 71.8 Å². The molecule has 0 radical (unpaired) electrons. The molecule has 0 saturated heterocycles. The van der Waals surface area contributed by atoms with Gasteiger partial charge in [0.25, 0.3) is 0 Å². The van der Waals surface area contributed by atoms with Gasteiger partial charge in [0.2, 0.25) is 0 Å². The molecule has 0 amide bonds. The van der Waals surface area contributed by atoms with Crippen molar-refractivity contribution in [3.8, 4) is 0 Å². The lowest BCUT2D eigenvalue weighted by molar-refractivity contribution is 0.620. The third kappa shape index (κ3) is 1.58. The monoisotopic (exact) mass is 163 g/mol. The molecule has 0 aliphatic heterocycles. The van der Waals surface area contributed by atoms with Gasteiger partial charge in [0.15, 0.2) is 5.43 Å². The minimum absolute atomic E-state index is 0.141. The molecule has 0 aromatic carbocycles. The van der Waals surface area contributed by atoms with Gasteiger partial charge in [0.1, 0.15) is 0 Å². The molecular weight excluding hydrogens is 150 g/mol. The number of hydrogen-bond donors (Lipinski definition) is 0. The van der Waals surface area contributed by atoms with Gasteiger partial charge in [-0.2, -0.15) is 0 Å². The number of hydrogen-bond acceptors (Lipinski definition) is 1. The highest BCUT2D eigenvalue weighted by Gasteiger charge is 2.20. The Kier molecular flexibility index (Phi) is 1.75.